The fraction of sp³-hybridized carbons (Fsp3) is 0.769. The number of hydrogen-bond donors (Lipinski definition) is 2. The third kappa shape index (κ3) is 3.69. The zero-order chi connectivity index (χ0) is 14.4. The van der Waals surface area contributed by atoms with Gasteiger partial charge in [-0.2, -0.15) is 15.0 Å². The summed E-state index contributed by atoms with van der Waals surface area (Å²) >= 11 is 0. The molecule has 1 atom stereocenters. The predicted octanol–water partition coefficient (Wildman–Crippen LogP) is 0.984. The van der Waals surface area contributed by atoms with Crippen LogP contribution in [0.3, 0.4) is 0 Å². The SMILES string of the molecule is CCCOc1nc(N)nc(N2CCCC2CCCO)n1. The summed E-state index contributed by atoms with van der Waals surface area (Å²) in [6, 6.07) is 0.658. The Labute approximate surface area is 119 Å². The van der Waals surface area contributed by atoms with E-state index in [1.54, 1.807) is 0 Å². The van der Waals surface area contributed by atoms with E-state index >= 15 is 0 Å². The number of aromatic nitrogens is 3. The highest BCUT2D eigenvalue weighted by atomic mass is 16.5. The molecule has 7 heteroatoms. The summed E-state index contributed by atoms with van der Waals surface area (Å²) in [7, 11) is 0. The van der Waals surface area contributed by atoms with E-state index in [2.05, 4.69) is 19.9 Å². The molecule has 1 aliphatic rings. The third-order valence-electron chi connectivity index (χ3n) is 3.39. The summed E-state index contributed by atoms with van der Waals surface area (Å²) in [6.45, 7) is 3.72. The Hall–Kier alpha value is -1.63. The average molecular weight is 281 g/mol. The standard InChI is InChI=1S/C13H23N5O2/c1-2-9-20-13-16-11(14)15-12(17-13)18-7-3-5-10(18)6-4-8-19/h10,19H,2-9H2,1H3,(H2,14,15,16,17). The molecule has 1 aromatic heterocycles. The molecule has 20 heavy (non-hydrogen) atoms. The summed E-state index contributed by atoms with van der Waals surface area (Å²) < 4.78 is 5.44. The fourth-order valence-corrected chi connectivity index (χ4v) is 2.47. The predicted molar refractivity (Wildman–Crippen MR) is 76.7 cm³/mol. The number of anilines is 2. The van der Waals surface area contributed by atoms with Crippen molar-refractivity contribution in [2.24, 2.45) is 0 Å². The van der Waals surface area contributed by atoms with Crippen molar-refractivity contribution < 1.29 is 9.84 Å². The fourth-order valence-electron chi connectivity index (χ4n) is 2.47. The topological polar surface area (TPSA) is 97.4 Å². The molecule has 0 aromatic carbocycles. The van der Waals surface area contributed by atoms with Gasteiger partial charge >= 0.3 is 6.01 Å². The highest BCUT2D eigenvalue weighted by molar-refractivity contribution is 5.38. The van der Waals surface area contributed by atoms with Crippen LogP contribution in [-0.2, 0) is 0 Å². The molecular formula is C13H23N5O2. The number of ether oxygens (including phenoxy) is 1. The van der Waals surface area contributed by atoms with Crippen molar-refractivity contribution in [3.8, 4) is 6.01 Å². The van der Waals surface area contributed by atoms with E-state index in [-0.39, 0.29) is 12.6 Å². The Morgan fingerprint density at radius 1 is 1.40 bits per heavy atom. The lowest BCUT2D eigenvalue weighted by Gasteiger charge is -2.24. The number of aliphatic hydroxyl groups is 1. The van der Waals surface area contributed by atoms with Crippen molar-refractivity contribution in [2.45, 2.75) is 45.1 Å². The Morgan fingerprint density at radius 3 is 3.00 bits per heavy atom. The van der Waals surface area contributed by atoms with E-state index in [4.69, 9.17) is 15.6 Å². The van der Waals surface area contributed by atoms with Crippen LogP contribution in [0.2, 0.25) is 0 Å². The summed E-state index contributed by atoms with van der Waals surface area (Å²) in [5.41, 5.74) is 5.74. The minimum absolute atomic E-state index is 0.189. The van der Waals surface area contributed by atoms with Gasteiger partial charge in [0.1, 0.15) is 0 Å². The van der Waals surface area contributed by atoms with Crippen molar-refractivity contribution in [1.29, 1.82) is 0 Å². The van der Waals surface area contributed by atoms with Gasteiger partial charge in [0.05, 0.1) is 6.61 Å². The minimum atomic E-state index is 0.189. The van der Waals surface area contributed by atoms with Crippen molar-refractivity contribution in [1.82, 2.24) is 15.0 Å². The van der Waals surface area contributed by atoms with E-state index in [9.17, 15) is 0 Å². The second kappa shape index (κ2) is 7.23. The first-order valence-corrected chi connectivity index (χ1v) is 7.26. The zero-order valence-electron chi connectivity index (χ0n) is 12.0. The maximum absolute atomic E-state index is 8.97. The summed E-state index contributed by atoms with van der Waals surface area (Å²) in [4.78, 5) is 14.7. The second-order valence-corrected chi connectivity index (χ2v) is 4.98. The molecule has 112 valence electrons. The first-order valence-electron chi connectivity index (χ1n) is 7.26. The number of nitrogen functional groups attached to an aromatic ring is 1. The Balaban J connectivity index is 2.11. The molecular weight excluding hydrogens is 258 g/mol. The lowest BCUT2D eigenvalue weighted by Crippen LogP contribution is -2.31. The molecule has 7 nitrogen and oxygen atoms in total. The van der Waals surface area contributed by atoms with Crippen LogP contribution in [0.4, 0.5) is 11.9 Å². The van der Waals surface area contributed by atoms with Gasteiger partial charge in [-0.25, -0.2) is 0 Å². The van der Waals surface area contributed by atoms with Crippen LogP contribution in [-0.4, -0.2) is 45.9 Å². The monoisotopic (exact) mass is 281 g/mol. The molecule has 1 aliphatic heterocycles. The summed E-state index contributed by atoms with van der Waals surface area (Å²) in [5, 5.41) is 8.97. The smallest absolute Gasteiger partial charge is 0.323 e. The number of hydrogen-bond acceptors (Lipinski definition) is 7. The second-order valence-electron chi connectivity index (χ2n) is 4.98. The molecule has 2 rings (SSSR count). The van der Waals surface area contributed by atoms with Gasteiger partial charge < -0.3 is 20.5 Å². The molecule has 3 N–H and O–H groups in total. The van der Waals surface area contributed by atoms with E-state index in [1.807, 2.05) is 6.92 Å². The van der Waals surface area contributed by atoms with Crippen LogP contribution in [0.1, 0.15) is 39.0 Å². The van der Waals surface area contributed by atoms with Crippen molar-refractivity contribution in [3.63, 3.8) is 0 Å². The maximum Gasteiger partial charge on any atom is 0.323 e. The quantitative estimate of drug-likeness (QED) is 0.769. The van der Waals surface area contributed by atoms with Gasteiger partial charge in [0, 0.05) is 19.2 Å². The van der Waals surface area contributed by atoms with Crippen molar-refractivity contribution in [3.05, 3.63) is 0 Å². The van der Waals surface area contributed by atoms with Gasteiger partial charge in [0.2, 0.25) is 11.9 Å². The molecule has 1 aromatic rings. The van der Waals surface area contributed by atoms with Crippen LogP contribution < -0.4 is 15.4 Å². The first-order chi connectivity index (χ1) is 9.74. The molecule has 1 fully saturated rings. The Morgan fingerprint density at radius 2 is 2.25 bits per heavy atom. The van der Waals surface area contributed by atoms with Crippen LogP contribution >= 0.6 is 0 Å². The third-order valence-corrected chi connectivity index (χ3v) is 3.39. The van der Waals surface area contributed by atoms with Crippen molar-refractivity contribution >= 4 is 11.9 Å². The molecule has 0 saturated carbocycles. The minimum Gasteiger partial charge on any atom is -0.463 e. The average Bonchev–Trinajstić information content (AvgIpc) is 2.90. The van der Waals surface area contributed by atoms with E-state index in [0.29, 0.717) is 24.6 Å². The zero-order valence-corrected chi connectivity index (χ0v) is 12.0. The van der Waals surface area contributed by atoms with E-state index in [1.165, 1.54) is 0 Å². The molecule has 1 unspecified atom stereocenters. The van der Waals surface area contributed by atoms with E-state index < -0.39 is 0 Å². The van der Waals surface area contributed by atoms with Gasteiger partial charge in [0.15, 0.2) is 0 Å². The molecule has 0 spiro atoms. The lowest BCUT2D eigenvalue weighted by molar-refractivity contribution is 0.279. The van der Waals surface area contributed by atoms with Gasteiger partial charge in [-0.05, 0) is 32.1 Å². The lowest BCUT2D eigenvalue weighted by atomic mass is 10.1. The van der Waals surface area contributed by atoms with Gasteiger partial charge in [-0.3, -0.25) is 0 Å². The van der Waals surface area contributed by atoms with E-state index in [0.717, 1.165) is 38.6 Å². The summed E-state index contributed by atoms with van der Waals surface area (Å²) in [5.74, 6) is 0.776. The van der Waals surface area contributed by atoms with Crippen molar-refractivity contribution in [2.75, 3.05) is 30.4 Å². The maximum atomic E-state index is 8.97. The largest absolute Gasteiger partial charge is 0.463 e. The van der Waals surface area contributed by atoms with Gasteiger partial charge in [-0.15, -0.1) is 0 Å². The summed E-state index contributed by atoms with van der Waals surface area (Å²) in [6.07, 6.45) is 4.82. The first kappa shape index (κ1) is 14.8. The normalized spacial score (nSPS) is 18.5. The van der Waals surface area contributed by atoms with Gasteiger partial charge in [-0.1, -0.05) is 6.92 Å². The highest BCUT2D eigenvalue weighted by Crippen LogP contribution is 2.26. The van der Waals surface area contributed by atoms with Crippen LogP contribution in [0.5, 0.6) is 6.01 Å². The molecule has 0 aliphatic carbocycles. The van der Waals surface area contributed by atoms with Gasteiger partial charge in [0.25, 0.3) is 0 Å². The number of rotatable bonds is 7. The number of aliphatic hydroxyl groups excluding tert-OH is 1. The molecule has 0 amide bonds. The molecule has 2 heterocycles. The van der Waals surface area contributed by atoms with Crippen LogP contribution in [0.25, 0.3) is 0 Å². The molecule has 0 bridgehead atoms. The Kier molecular flexibility index (Phi) is 5.34. The van der Waals surface area contributed by atoms with Crippen LogP contribution in [0, 0.1) is 0 Å². The van der Waals surface area contributed by atoms with Crippen LogP contribution in [0.15, 0.2) is 0 Å². The Bertz CT molecular complexity index is 429. The molecule has 0 radical (unpaired) electrons. The molecule has 1 saturated heterocycles. The number of nitrogens with zero attached hydrogens (tertiary/aromatic N) is 4. The number of nitrogens with two attached hydrogens (primary N) is 1. The highest BCUT2D eigenvalue weighted by Gasteiger charge is 2.27.